The molecule has 1 aliphatic heterocycles. The first-order chi connectivity index (χ1) is 10.1. The number of fused-ring (bicyclic) bond motifs is 1. The van der Waals surface area contributed by atoms with Gasteiger partial charge in [-0.3, -0.25) is 4.79 Å². The van der Waals surface area contributed by atoms with E-state index in [1.807, 2.05) is 31.2 Å². The van der Waals surface area contributed by atoms with E-state index in [1.54, 1.807) is 18.2 Å². The summed E-state index contributed by atoms with van der Waals surface area (Å²) in [5.74, 6) is -0.150. The van der Waals surface area contributed by atoms with Crippen LogP contribution in [0.2, 0.25) is 0 Å². The number of nitrogens with one attached hydrogen (secondary N) is 1. The van der Waals surface area contributed by atoms with Crippen molar-refractivity contribution in [3.8, 4) is 5.75 Å². The number of carbonyl (C=O) groups excluding carboxylic acids is 1. The molecule has 1 aliphatic rings. The zero-order valence-corrected chi connectivity index (χ0v) is 11.4. The predicted octanol–water partition coefficient (Wildman–Crippen LogP) is 2.48. The predicted molar refractivity (Wildman–Crippen MR) is 82.0 cm³/mol. The van der Waals surface area contributed by atoms with Crippen molar-refractivity contribution in [2.24, 2.45) is 10.2 Å². The second kappa shape index (κ2) is 5.20. The molecule has 0 atom stereocenters. The summed E-state index contributed by atoms with van der Waals surface area (Å²) in [6, 6.07) is 12.5. The Labute approximate surface area is 121 Å². The zero-order chi connectivity index (χ0) is 14.8. The zero-order valence-electron chi connectivity index (χ0n) is 11.4. The van der Waals surface area contributed by atoms with Gasteiger partial charge in [0, 0.05) is 11.1 Å². The molecule has 1 heterocycles. The van der Waals surface area contributed by atoms with E-state index in [4.69, 9.17) is 0 Å². The summed E-state index contributed by atoms with van der Waals surface area (Å²) in [7, 11) is 0. The lowest BCUT2D eigenvalue weighted by atomic mass is 10.1. The van der Waals surface area contributed by atoms with Crippen molar-refractivity contribution < 1.29 is 9.90 Å². The molecule has 2 aromatic carbocycles. The average molecular weight is 279 g/mol. The van der Waals surface area contributed by atoms with Crippen LogP contribution >= 0.6 is 0 Å². The van der Waals surface area contributed by atoms with Gasteiger partial charge in [-0.15, -0.1) is 5.10 Å². The molecule has 2 N–H and O–H groups in total. The molecular formula is C16H13N3O2. The Kier molecular flexibility index (Phi) is 3.23. The van der Waals surface area contributed by atoms with Crippen molar-refractivity contribution in [1.29, 1.82) is 0 Å². The van der Waals surface area contributed by atoms with E-state index in [0.717, 1.165) is 16.8 Å². The van der Waals surface area contributed by atoms with E-state index in [9.17, 15) is 9.90 Å². The lowest BCUT2D eigenvalue weighted by Crippen LogP contribution is -2.13. The van der Waals surface area contributed by atoms with Crippen LogP contribution in [-0.4, -0.2) is 22.9 Å². The molecular weight excluding hydrogens is 266 g/mol. The molecule has 0 unspecified atom stereocenters. The minimum absolute atomic E-state index is 0.126. The second-order valence-electron chi connectivity index (χ2n) is 4.76. The van der Waals surface area contributed by atoms with Crippen molar-refractivity contribution >= 4 is 23.5 Å². The van der Waals surface area contributed by atoms with Crippen molar-refractivity contribution in [3.63, 3.8) is 0 Å². The Morgan fingerprint density at radius 1 is 1.19 bits per heavy atom. The standard InChI is InChI=1S/C16H13N3O2/c1-10-6-7-14(20)11(8-10)9-17-19-15-12-4-2-3-5-13(12)18-16(15)21/h2-9,20H,1H3,(H,18,19,21)/b17-9+. The molecule has 0 spiro atoms. The third kappa shape index (κ3) is 2.53. The summed E-state index contributed by atoms with van der Waals surface area (Å²) in [4.78, 5) is 11.8. The molecule has 0 radical (unpaired) electrons. The smallest absolute Gasteiger partial charge is 0.276 e. The Morgan fingerprint density at radius 2 is 2.00 bits per heavy atom. The van der Waals surface area contributed by atoms with Crippen molar-refractivity contribution in [2.75, 3.05) is 5.32 Å². The normalized spacial score (nSPS) is 15.5. The number of aryl methyl sites for hydroxylation is 1. The van der Waals surface area contributed by atoms with Gasteiger partial charge >= 0.3 is 0 Å². The first-order valence-corrected chi connectivity index (χ1v) is 6.46. The molecule has 0 fully saturated rings. The number of amides is 1. The van der Waals surface area contributed by atoms with E-state index in [1.165, 1.54) is 6.21 Å². The van der Waals surface area contributed by atoms with Crippen molar-refractivity contribution in [2.45, 2.75) is 6.92 Å². The van der Waals surface area contributed by atoms with Gasteiger partial charge in [-0.2, -0.15) is 5.10 Å². The fourth-order valence-electron chi connectivity index (χ4n) is 2.13. The molecule has 5 nitrogen and oxygen atoms in total. The third-order valence-electron chi connectivity index (χ3n) is 3.18. The highest BCUT2D eigenvalue weighted by atomic mass is 16.3. The Bertz CT molecular complexity index is 779. The SMILES string of the molecule is Cc1ccc(O)c(/C=N/N=C2\C(=O)Nc3ccccc32)c1. The molecule has 21 heavy (non-hydrogen) atoms. The summed E-state index contributed by atoms with van der Waals surface area (Å²) in [5, 5.41) is 20.3. The Hall–Kier alpha value is -2.95. The highest BCUT2D eigenvalue weighted by molar-refractivity contribution is 6.53. The summed E-state index contributed by atoms with van der Waals surface area (Å²) in [6.07, 6.45) is 1.43. The topological polar surface area (TPSA) is 74.0 Å². The number of carbonyl (C=O) groups is 1. The molecule has 0 aliphatic carbocycles. The van der Waals surface area contributed by atoms with Crippen LogP contribution in [0.5, 0.6) is 5.75 Å². The summed E-state index contributed by atoms with van der Waals surface area (Å²) in [5.41, 5.74) is 3.30. The Morgan fingerprint density at radius 3 is 2.86 bits per heavy atom. The fourth-order valence-corrected chi connectivity index (χ4v) is 2.13. The van der Waals surface area contributed by atoms with Gasteiger partial charge in [0.25, 0.3) is 5.91 Å². The van der Waals surface area contributed by atoms with Crippen LogP contribution in [0, 0.1) is 6.92 Å². The number of phenolic OH excluding ortho intramolecular Hbond substituents is 1. The van der Waals surface area contributed by atoms with Gasteiger partial charge < -0.3 is 10.4 Å². The maximum Gasteiger partial charge on any atom is 0.276 e. The number of phenols is 1. The van der Waals surface area contributed by atoms with Gasteiger partial charge in [0.1, 0.15) is 5.75 Å². The minimum atomic E-state index is -0.276. The largest absolute Gasteiger partial charge is 0.507 e. The van der Waals surface area contributed by atoms with Gasteiger partial charge in [-0.1, -0.05) is 29.8 Å². The van der Waals surface area contributed by atoms with E-state index in [-0.39, 0.29) is 17.4 Å². The minimum Gasteiger partial charge on any atom is -0.507 e. The van der Waals surface area contributed by atoms with Gasteiger partial charge in [-0.25, -0.2) is 0 Å². The molecule has 0 bridgehead atoms. The number of benzene rings is 2. The van der Waals surface area contributed by atoms with Crippen LogP contribution in [0.4, 0.5) is 5.69 Å². The lowest BCUT2D eigenvalue weighted by Gasteiger charge is -1.98. The maximum atomic E-state index is 11.8. The van der Waals surface area contributed by atoms with Gasteiger partial charge in [0.05, 0.1) is 11.9 Å². The Balaban J connectivity index is 1.91. The number of rotatable bonds is 2. The fraction of sp³-hybridized carbons (Fsp3) is 0.0625. The van der Waals surface area contributed by atoms with E-state index < -0.39 is 0 Å². The number of hydrogen-bond donors (Lipinski definition) is 2. The van der Waals surface area contributed by atoms with Crippen LogP contribution < -0.4 is 5.32 Å². The van der Waals surface area contributed by atoms with Crippen molar-refractivity contribution in [1.82, 2.24) is 0 Å². The first-order valence-electron chi connectivity index (χ1n) is 6.46. The third-order valence-corrected chi connectivity index (χ3v) is 3.18. The van der Waals surface area contributed by atoms with E-state index in [2.05, 4.69) is 15.5 Å². The molecule has 0 aromatic heterocycles. The number of hydrogen-bond acceptors (Lipinski definition) is 4. The number of anilines is 1. The monoisotopic (exact) mass is 279 g/mol. The van der Waals surface area contributed by atoms with Crippen molar-refractivity contribution in [3.05, 3.63) is 59.2 Å². The first kappa shape index (κ1) is 13.1. The molecule has 3 rings (SSSR count). The molecule has 104 valence electrons. The number of nitrogens with zero attached hydrogens (tertiary/aromatic N) is 2. The molecule has 2 aromatic rings. The van der Waals surface area contributed by atoms with E-state index >= 15 is 0 Å². The molecule has 0 saturated carbocycles. The summed E-state index contributed by atoms with van der Waals surface area (Å²) >= 11 is 0. The van der Waals surface area contributed by atoms with Crippen LogP contribution in [0.25, 0.3) is 0 Å². The quantitative estimate of drug-likeness (QED) is 0.654. The highest BCUT2D eigenvalue weighted by Gasteiger charge is 2.25. The van der Waals surface area contributed by atoms with Gasteiger partial charge in [0.15, 0.2) is 5.71 Å². The van der Waals surface area contributed by atoms with Gasteiger partial charge in [-0.05, 0) is 25.1 Å². The van der Waals surface area contributed by atoms with Crippen LogP contribution in [0.1, 0.15) is 16.7 Å². The van der Waals surface area contributed by atoms with E-state index in [0.29, 0.717) is 5.56 Å². The number of para-hydroxylation sites is 1. The van der Waals surface area contributed by atoms with Gasteiger partial charge in [0.2, 0.25) is 0 Å². The van der Waals surface area contributed by atoms with Crippen LogP contribution in [0.3, 0.4) is 0 Å². The number of aromatic hydroxyl groups is 1. The summed E-state index contributed by atoms with van der Waals surface area (Å²) < 4.78 is 0. The molecule has 0 saturated heterocycles. The maximum absolute atomic E-state index is 11.8. The molecule has 1 amide bonds. The average Bonchev–Trinajstić information content (AvgIpc) is 2.79. The lowest BCUT2D eigenvalue weighted by molar-refractivity contribution is -0.110. The molecule has 5 heteroatoms. The van der Waals surface area contributed by atoms with Crippen LogP contribution in [-0.2, 0) is 4.79 Å². The second-order valence-corrected chi connectivity index (χ2v) is 4.76. The highest BCUT2D eigenvalue weighted by Crippen LogP contribution is 2.22. The summed E-state index contributed by atoms with van der Waals surface area (Å²) in [6.45, 7) is 1.92. The van der Waals surface area contributed by atoms with Crippen LogP contribution in [0.15, 0.2) is 52.7 Å².